The molecule has 0 saturated heterocycles. The average Bonchev–Trinajstić information content (AvgIpc) is 2.90. The Morgan fingerprint density at radius 2 is 1.54 bits per heavy atom. The van der Waals surface area contributed by atoms with Gasteiger partial charge in [-0.3, -0.25) is 14.4 Å². The third-order valence-corrected chi connectivity index (χ3v) is 6.06. The van der Waals surface area contributed by atoms with E-state index in [1.54, 1.807) is 18.7 Å². The number of hydrogen-bond acceptors (Lipinski definition) is 7. The number of hydroxylamine groups is 1. The van der Waals surface area contributed by atoms with Gasteiger partial charge in [-0.2, -0.15) is 5.48 Å². The molecule has 10 nitrogen and oxygen atoms in total. The number of hydrogen-bond donors (Lipinski definition) is 2. The molecule has 1 aromatic rings. The SMILES string of the molecule is CCOC(CN(Cc1ccccc1)C(=O)[C@@H](NC(=O)[C@H](ONC(=O)OCC(C)C)C(C)C)[C@@H](C)CC)OCC. The van der Waals surface area contributed by atoms with E-state index >= 15 is 0 Å². The van der Waals surface area contributed by atoms with Crippen LogP contribution < -0.4 is 10.8 Å². The summed E-state index contributed by atoms with van der Waals surface area (Å²) in [6.07, 6.45) is -1.75. The monoisotopic (exact) mass is 551 g/mol. The maximum Gasteiger partial charge on any atom is 0.431 e. The fraction of sp³-hybridized carbons (Fsp3) is 0.690. The van der Waals surface area contributed by atoms with Crippen LogP contribution in [0.3, 0.4) is 0 Å². The second-order valence-corrected chi connectivity index (χ2v) is 10.3. The molecular weight excluding hydrogens is 502 g/mol. The fourth-order valence-electron chi connectivity index (χ4n) is 3.73. The van der Waals surface area contributed by atoms with Gasteiger partial charge in [0.2, 0.25) is 5.91 Å². The smallest absolute Gasteiger partial charge is 0.431 e. The molecule has 0 spiro atoms. The van der Waals surface area contributed by atoms with Crippen molar-refractivity contribution in [1.82, 2.24) is 15.7 Å². The number of benzene rings is 1. The van der Waals surface area contributed by atoms with Gasteiger partial charge in [0.25, 0.3) is 5.91 Å². The number of amides is 3. The lowest BCUT2D eigenvalue weighted by molar-refractivity contribution is -0.163. The molecule has 222 valence electrons. The lowest BCUT2D eigenvalue weighted by atomic mass is 9.96. The average molecular weight is 552 g/mol. The van der Waals surface area contributed by atoms with E-state index in [0.29, 0.717) is 26.2 Å². The molecule has 3 atom stereocenters. The molecule has 0 saturated carbocycles. The summed E-state index contributed by atoms with van der Waals surface area (Å²) in [5.74, 6) is -1.06. The van der Waals surface area contributed by atoms with Crippen LogP contribution in [0.1, 0.15) is 67.4 Å². The van der Waals surface area contributed by atoms with E-state index in [9.17, 15) is 14.4 Å². The first-order valence-corrected chi connectivity index (χ1v) is 14.0. The fourth-order valence-corrected chi connectivity index (χ4v) is 3.73. The lowest BCUT2D eigenvalue weighted by Gasteiger charge is -2.34. The zero-order valence-electron chi connectivity index (χ0n) is 24.9. The maximum atomic E-state index is 14.0. The number of ether oxygens (including phenoxy) is 3. The van der Waals surface area contributed by atoms with Crippen molar-refractivity contribution in [3.8, 4) is 0 Å². The number of carbonyl (C=O) groups is 3. The van der Waals surface area contributed by atoms with Crippen molar-refractivity contribution < 1.29 is 33.4 Å². The van der Waals surface area contributed by atoms with E-state index in [2.05, 4.69) is 10.8 Å². The molecule has 0 aromatic heterocycles. The first-order valence-electron chi connectivity index (χ1n) is 14.0. The molecular formula is C29H49N3O7. The van der Waals surface area contributed by atoms with Crippen molar-refractivity contribution in [2.45, 2.75) is 86.8 Å². The second-order valence-electron chi connectivity index (χ2n) is 10.3. The highest BCUT2D eigenvalue weighted by Crippen LogP contribution is 2.17. The van der Waals surface area contributed by atoms with Gasteiger partial charge < -0.3 is 24.4 Å². The van der Waals surface area contributed by atoms with Crippen LogP contribution in [0.15, 0.2) is 30.3 Å². The highest BCUT2D eigenvalue weighted by molar-refractivity contribution is 5.89. The third-order valence-electron chi connectivity index (χ3n) is 6.06. The summed E-state index contributed by atoms with van der Waals surface area (Å²) in [5, 5.41) is 2.90. The standard InChI is InChI=1S/C29H49N3O7/c1-9-22(8)25(30-27(33)26(21(6)7)39-31-29(35)38-19-20(4)5)28(34)32(17-23-15-13-12-14-16-23)18-24(36-10-2)37-11-3/h12-16,20-22,24-26H,9-11,17-19H2,1-8H3,(H,30,33)(H,31,35)/t22-,25-,26+/m0/s1. The van der Waals surface area contributed by atoms with E-state index in [0.717, 1.165) is 5.56 Å². The van der Waals surface area contributed by atoms with Crippen molar-refractivity contribution in [3.63, 3.8) is 0 Å². The third kappa shape index (κ3) is 12.8. The van der Waals surface area contributed by atoms with Crippen LogP contribution in [0.5, 0.6) is 0 Å². The zero-order chi connectivity index (χ0) is 29.4. The van der Waals surface area contributed by atoms with Gasteiger partial charge in [-0.15, -0.1) is 0 Å². The first-order chi connectivity index (χ1) is 18.5. The maximum absolute atomic E-state index is 14.0. The molecule has 2 N–H and O–H groups in total. The summed E-state index contributed by atoms with van der Waals surface area (Å²) >= 11 is 0. The van der Waals surface area contributed by atoms with Crippen LogP contribution in [0, 0.1) is 17.8 Å². The molecule has 0 aliphatic carbocycles. The van der Waals surface area contributed by atoms with Gasteiger partial charge in [-0.25, -0.2) is 4.79 Å². The van der Waals surface area contributed by atoms with Crippen LogP contribution in [0.25, 0.3) is 0 Å². The molecule has 10 heteroatoms. The Bertz CT molecular complexity index is 845. The molecule has 3 amide bonds. The summed E-state index contributed by atoms with van der Waals surface area (Å²) in [7, 11) is 0. The molecule has 0 fully saturated rings. The Hall–Kier alpha value is -2.69. The van der Waals surface area contributed by atoms with Gasteiger partial charge in [-0.05, 0) is 37.2 Å². The highest BCUT2D eigenvalue weighted by Gasteiger charge is 2.35. The van der Waals surface area contributed by atoms with Crippen molar-refractivity contribution in [2.24, 2.45) is 17.8 Å². The van der Waals surface area contributed by atoms with Crippen LogP contribution >= 0.6 is 0 Å². The van der Waals surface area contributed by atoms with Crippen molar-refractivity contribution in [1.29, 1.82) is 0 Å². The first kappa shape index (κ1) is 34.3. The number of nitrogens with one attached hydrogen (secondary N) is 2. The normalized spacial score (nSPS) is 13.7. The van der Waals surface area contributed by atoms with Crippen molar-refractivity contribution >= 4 is 17.9 Å². The largest absolute Gasteiger partial charge is 0.448 e. The summed E-state index contributed by atoms with van der Waals surface area (Å²) in [6.45, 7) is 16.7. The molecule has 0 bridgehead atoms. The van der Waals surface area contributed by atoms with Crippen molar-refractivity contribution in [3.05, 3.63) is 35.9 Å². The minimum Gasteiger partial charge on any atom is -0.448 e. The molecule has 1 aromatic carbocycles. The van der Waals surface area contributed by atoms with Crippen LogP contribution in [0.2, 0.25) is 0 Å². The topological polar surface area (TPSA) is 115 Å². The van der Waals surface area contributed by atoms with Gasteiger partial charge in [-0.1, -0.05) is 78.3 Å². The van der Waals surface area contributed by atoms with Crippen LogP contribution in [-0.2, 0) is 35.2 Å². The minimum absolute atomic E-state index is 0.158. The molecule has 0 aliphatic heterocycles. The number of carbonyl (C=O) groups excluding carboxylic acids is 3. The van der Waals surface area contributed by atoms with E-state index in [-0.39, 0.29) is 36.8 Å². The molecule has 1 rings (SSSR count). The van der Waals surface area contributed by atoms with Gasteiger partial charge in [0.15, 0.2) is 12.4 Å². The van der Waals surface area contributed by atoms with E-state index in [1.807, 2.05) is 71.9 Å². The van der Waals surface area contributed by atoms with Gasteiger partial charge in [0.05, 0.1) is 13.2 Å². The minimum atomic E-state index is -1.03. The number of nitrogens with zero attached hydrogens (tertiary/aromatic N) is 1. The van der Waals surface area contributed by atoms with E-state index in [4.69, 9.17) is 19.0 Å². The van der Waals surface area contributed by atoms with Gasteiger partial charge in [0.1, 0.15) is 6.04 Å². The molecule has 0 aliphatic rings. The Morgan fingerprint density at radius 1 is 0.923 bits per heavy atom. The lowest BCUT2D eigenvalue weighted by Crippen LogP contribution is -2.56. The Kier molecular flexibility index (Phi) is 16.4. The quantitative estimate of drug-likeness (QED) is 0.207. The van der Waals surface area contributed by atoms with E-state index < -0.39 is 30.4 Å². The predicted octanol–water partition coefficient (Wildman–Crippen LogP) is 4.28. The summed E-state index contributed by atoms with van der Waals surface area (Å²) in [4.78, 5) is 46.4. The van der Waals surface area contributed by atoms with E-state index in [1.165, 1.54) is 0 Å². The zero-order valence-corrected chi connectivity index (χ0v) is 24.9. The number of rotatable bonds is 18. The molecule has 0 unspecified atom stereocenters. The summed E-state index contributed by atoms with van der Waals surface area (Å²) in [5.41, 5.74) is 3.15. The molecule has 0 heterocycles. The summed E-state index contributed by atoms with van der Waals surface area (Å²) < 4.78 is 16.5. The van der Waals surface area contributed by atoms with Crippen LogP contribution in [-0.4, -0.2) is 67.6 Å². The van der Waals surface area contributed by atoms with Gasteiger partial charge in [0, 0.05) is 19.8 Å². The predicted molar refractivity (Wildman–Crippen MR) is 149 cm³/mol. The highest BCUT2D eigenvalue weighted by atomic mass is 16.7. The van der Waals surface area contributed by atoms with Gasteiger partial charge >= 0.3 is 6.09 Å². The Labute approximate surface area is 234 Å². The summed E-state index contributed by atoms with van der Waals surface area (Å²) in [6, 6.07) is 8.81. The second kappa shape index (κ2) is 18.6. The van der Waals surface area contributed by atoms with Crippen LogP contribution in [0.4, 0.5) is 4.79 Å². The van der Waals surface area contributed by atoms with Crippen molar-refractivity contribution in [2.75, 3.05) is 26.4 Å². The molecule has 0 radical (unpaired) electrons. The molecule has 39 heavy (non-hydrogen) atoms. The Balaban J connectivity index is 3.14. The Morgan fingerprint density at radius 3 is 2.05 bits per heavy atom.